The highest BCUT2D eigenvalue weighted by Gasteiger charge is 2.14. The minimum Gasteiger partial charge on any atom is -0.490 e. The zero-order chi connectivity index (χ0) is 14.5. The number of hydrogen-bond acceptors (Lipinski definition) is 3. The van der Waals surface area contributed by atoms with Crippen molar-refractivity contribution in [1.82, 2.24) is 0 Å². The molecule has 2 aromatic carbocycles. The molecular formula is C15H11BrFNO2. The van der Waals surface area contributed by atoms with E-state index in [9.17, 15) is 4.39 Å². The maximum absolute atomic E-state index is 14.1. The minimum absolute atomic E-state index is 0.0306. The zero-order valence-corrected chi connectivity index (χ0v) is 12.3. The van der Waals surface area contributed by atoms with Gasteiger partial charge in [-0.05, 0) is 47.1 Å². The number of halogens is 2. The maximum atomic E-state index is 14.1. The standard InChI is InChI=1S/C15H11BrFNO2/c1-2-19-11-5-3-4-6-12(11)20-13-8-7-10(9-18)14(16)15(13)17/h3-8H,2H2,1H3. The average Bonchev–Trinajstić information content (AvgIpc) is 2.46. The van der Waals surface area contributed by atoms with Crippen molar-refractivity contribution in [2.24, 2.45) is 0 Å². The molecule has 0 aliphatic carbocycles. The molecule has 0 fully saturated rings. The third-order valence-corrected chi connectivity index (χ3v) is 3.31. The van der Waals surface area contributed by atoms with Crippen molar-refractivity contribution < 1.29 is 13.9 Å². The van der Waals surface area contributed by atoms with Crippen LogP contribution in [0, 0.1) is 17.1 Å². The summed E-state index contributed by atoms with van der Waals surface area (Å²) in [6, 6.07) is 11.8. The molecule has 0 aliphatic rings. The zero-order valence-electron chi connectivity index (χ0n) is 10.7. The summed E-state index contributed by atoms with van der Waals surface area (Å²) in [5.41, 5.74) is 0.216. The van der Waals surface area contributed by atoms with Gasteiger partial charge in [0.05, 0.1) is 16.6 Å². The lowest BCUT2D eigenvalue weighted by Gasteiger charge is -2.12. The van der Waals surface area contributed by atoms with Gasteiger partial charge in [-0.15, -0.1) is 0 Å². The van der Waals surface area contributed by atoms with Crippen molar-refractivity contribution in [3.05, 3.63) is 52.3 Å². The maximum Gasteiger partial charge on any atom is 0.181 e. The molecule has 0 amide bonds. The van der Waals surface area contributed by atoms with Crippen LogP contribution < -0.4 is 9.47 Å². The molecule has 0 radical (unpaired) electrons. The summed E-state index contributed by atoms with van der Waals surface area (Å²) < 4.78 is 25.1. The van der Waals surface area contributed by atoms with Gasteiger partial charge < -0.3 is 9.47 Å². The Bertz CT molecular complexity index is 667. The first-order chi connectivity index (χ1) is 9.67. The van der Waals surface area contributed by atoms with Crippen molar-refractivity contribution in [2.45, 2.75) is 6.92 Å². The van der Waals surface area contributed by atoms with Crippen LogP contribution in [0.1, 0.15) is 12.5 Å². The Morgan fingerprint density at radius 3 is 2.50 bits per heavy atom. The number of benzene rings is 2. The average molecular weight is 336 g/mol. The highest BCUT2D eigenvalue weighted by atomic mass is 79.9. The summed E-state index contributed by atoms with van der Waals surface area (Å²) in [6.45, 7) is 2.34. The molecule has 0 saturated carbocycles. The summed E-state index contributed by atoms with van der Waals surface area (Å²) in [5, 5.41) is 8.83. The molecule has 0 saturated heterocycles. The van der Waals surface area contributed by atoms with Crippen molar-refractivity contribution in [3.63, 3.8) is 0 Å². The summed E-state index contributed by atoms with van der Waals surface area (Å²) >= 11 is 3.05. The molecule has 0 spiro atoms. The van der Waals surface area contributed by atoms with Gasteiger partial charge >= 0.3 is 0 Å². The topological polar surface area (TPSA) is 42.2 Å². The van der Waals surface area contributed by atoms with Gasteiger partial charge in [-0.2, -0.15) is 5.26 Å². The highest BCUT2D eigenvalue weighted by molar-refractivity contribution is 9.10. The van der Waals surface area contributed by atoms with Crippen LogP contribution >= 0.6 is 15.9 Å². The molecule has 0 atom stereocenters. The molecule has 0 unspecified atom stereocenters. The second kappa shape index (κ2) is 6.40. The lowest BCUT2D eigenvalue weighted by Crippen LogP contribution is -1.96. The van der Waals surface area contributed by atoms with E-state index in [4.69, 9.17) is 14.7 Å². The van der Waals surface area contributed by atoms with Crippen LogP contribution in [0.2, 0.25) is 0 Å². The van der Waals surface area contributed by atoms with E-state index in [-0.39, 0.29) is 15.8 Å². The number of ether oxygens (including phenoxy) is 2. The minimum atomic E-state index is -0.615. The van der Waals surface area contributed by atoms with E-state index in [2.05, 4.69) is 15.9 Å². The Morgan fingerprint density at radius 1 is 1.15 bits per heavy atom. The van der Waals surface area contributed by atoms with Gasteiger partial charge in [0.15, 0.2) is 23.1 Å². The first-order valence-corrected chi connectivity index (χ1v) is 6.74. The van der Waals surface area contributed by atoms with Crippen molar-refractivity contribution in [3.8, 4) is 23.3 Å². The Morgan fingerprint density at radius 2 is 1.85 bits per heavy atom. The van der Waals surface area contributed by atoms with Gasteiger partial charge in [-0.3, -0.25) is 0 Å². The Labute approximate surface area is 124 Å². The van der Waals surface area contributed by atoms with Crippen LogP contribution in [0.5, 0.6) is 17.2 Å². The largest absolute Gasteiger partial charge is 0.490 e. The molecule has 5 heteroatoms. The molecule has 20 heavy (non-hydrogen) atoms. The first kappa shape index (κ1) is 14.4. The molecule has 2 aromatic rings. The molecule has 2 rings (SSSR count). The number of rotatable bonds is 4. The van der Waals surface area contributed by atoms with Crippen LogP contribution in [-0.4, -0.2) is 6.61 Å². The van der Waals surface area contributed by atoms with Gasteiger partial charge in [0, 0.05) is 0 Å². The summed E-state index contributed by atoms with van der Waals surface area (Å²) in [6.07, 6.45) is 0. The van der Waals surface area contributed by atoms with E-state index in [0.29, 0.717) is 18.1 Å². The molecule has 0 N–H and O–H groups in total. The lowest BCUT2D eigenvalue weighted by atomic mass is 10.2. The number of nitrogens with zero attached hydrogens (tertiary/aromatic N) is 1. The Balaban J connectivity index is 2.36. The monoisotopic (exact) mass is 335 g/mol. The van der Waals surface area contributed by atoms with Crippen LogP contribution in [0.4, 0.5) is 4.39 Å². The second-order valence-corrected chi connectivity index (χ2v) is 4.63. The molecule has 102 valence electrons. The quantitative estimate of drug-likeness (QED) is 0.816. The van der Waals surface area contributed by atoms with Gasteiger partial charge in [0.2, 0.25) is 0 Å². The first-order valence-electron chi connectivity index (χ1n) is 5.95. The normalized spacial score (nSPS) is 9.90. The molecule has 0 heterocycles. The van der Waals surface area contributed by atoms with Gasteiger partial charge in [0.1, 0.15) is 6.07 Å². The van der Waals surface area contributed by atoms with Crippen LogP contribution in [0.15, 0.2) is 40.9 Å². The molecular weight excluding hydrogens is 325 g/mol. The fraction of sp³-hybridized carbons (Fsp3) is 0.133. The summed E-state index contributed by atoms with van der Waals surface area (Å²) in [4.78, 5) is 0. The van der Waals surface area contributed by atoms with E-state index in [1.807, 2.05) is 19.1 Å². The van der Waals surface area contributed by atoms with Crippen LogP contribution in [-0.2, 0) is 0 Å². The van der Waals surface area contributed by atoms with Gasteiger partial charge in [0.25, 0.3) is 0 Å². The summed E-state index contributed by atoms with van der Waals surface area (Å²) in [7, 11) is 0. The van der Waals surface area contributed by atoms with E-state index in [1.54, 1.807) is 18.2 Å². The van der Waals surface area contributed by atoms with Gasteiger partial charge in [-0.1, -0.05) is 12.1 Å². The van der Waals surface area contributed by atoms with Gasteiger partial charge in [-0.25, -0.2) is 4.39 Å². The number of para-hydroxylation sites is 2. The third kappa shape index (κ3) is 2.91. The SMILES string of the molecule is CCOc1ccccc1Oc1ccc(C#N)c(Br)c1F. The predicted molar refractivity (Wildman–Crippen MR) is 76.5 cm³/mol. The second-order valence-electron chi connectivity index (χ2n) is 3.83. The van der Waals surface area contributed by atoms with E-state index >= 15 is 0 Å². The van der Waals surface area contributed by atoms with E-state index in [0.717, 1.165) is 0 Å². The lowest BCUT2D eigenvalue weighted by molar-refractivity contribution is 0.318. The smallest absolute Gasteiger partial charge is 0.181 e. The molecule has 0 aliphatic heterocycles. The van der Waals surface area contributed by atoms with Crippen molar-refractivity contribution in [2.75, 3.05) is 6.61 Å². The fourth-order valence-corrected chi connectivity index (χ4v) is 2.04. The fourth-order valence-electron chi connectivity index (χ4n) is 1.62. The van der Waals surface area contributed by atoms with Crippen molar-refractivity contribution in [1.29, 1.82) is 5.26 Å². The number of hydrogen-bond donors (Lipinski definition) is 0. The van der Waals surface area contributed by atoms with Crippen LogP contribution in [0.3, 0.4) is 0 Å². The molecule has 0 aromatic heterocycles. The third-order valence-electron chi connectivity index (χ3n) is 2.54. The van der Waals surface area contributed by atoms with Crippen molar-refractivity contribution >= 4 is 15.9 Å². The van der Waals surface area contributed by atoms with E-state index in [1.165, 1.54) is 12.1 Å². The van der Waals surface area contributed by atoms with Crippen LogP contribution in [0.25, 0.3) is 0 Å². The molecule has 3 nitrogen and oxygen atoms in total. The van der Waals surface area contributed by atoms with E-state index < -0.39 is 5.82 Å². The highest BCUT2D eigenvalue weighted by Crippen LogP contribution is 2.35. The Hall–Kier alpha value is -2.06. The number of nitriles is 1. The Kier molecular flexibility index (Phi) is 4.59. The predicted octanol–water partition coefficient (Wildman–Crippen LogP) is 4.65. The summed E-state index contributed by atoms with van der Waals surface area (Å²) in [5.74, 6) is 0.373. The molecule has 0 bridgehead atoms.